The maximum absolute atomic E-state index is 12.4. The van der Waals surface area contributed by atoms with E-state index >= 15 is 0 Å². The number of rotatable bonds is 5. The number of benzene rings is 1. The van der Waals surface area contributed by atoms with E-state index in [4.69, 9.17) is 15.2 Å². The van der Waals surface area contributed by atoms with Crippen LogP contribution < -0.4 is 11.1 Å². The van der Waals surface area contributed by atoms with Gasteiger partial charge in [0, 0.05) is 37.2 Å². The summed E-state index contributed by atoms with van der Waals surface area (Å²) < 4.78 is 11.9. The molecule has 1 aliphatic rings. The first-order valence-electron chi connectivity index (χ1n) is 10.9. The molecule has 3 N–H and O–H groups in total. The Balaban J connectivity index is 1.65. The van der Waals surface area contributed by atoms with Gasteiger partial charge in [0.1, 0.15) is 11.7 Å². The fourth-order valence-corrected chi connectivity index (χ4v) is 3.84. The second kappa shape index (κ2) is 9.86. The number of nitrogens with two attached hydrogens (primary N) is 1. The molecule has 0 spiro atoms. The molecule has 33 heavy (non-hydrogen) atoms. The molecule has 1 amide bonds. The summed E-state index contributed by atoms with van der Waals surface area (Å²) in [5.41, 5.74) is 7.48. The smallest absolute Gasteiger partial charge is 0.410 e. The monoisotopic (exact) mass is 453 g/mol. The van der Waals surface area contributed by atoms with Crippen molar-refractivity contribution in [2.24, 2.45) is 5.92 Å². The molecule has 9 nitrogen and oxygen atoms in total. The standard InChI is InChI=1S/C24H31N5O4/c1-24(2,3)33-23(31)28-11-5-6-16(14-28)13-27-18-7-9-19(10-8-18)29-15-17(12-25)20(26)21(29)22(30)32-4/h7-10,15-16,27H,5-6,11,13-14,26H2,1-4H3. The molecule has 0 radical (unpaired) electrons. The van der Waals surface area contributed by atoms with E-state index in [1.165, 1.54) is 13.3 Å². The summed E-state index contributed by atoms with van der Waals surface area (Å²) in [6.07, 6.45) is 3.24. The normalized spacial score (nSPS) is 16.1. The number of nitrogens with zero attached hydrogens (tertiary/aromatic N) is 3. The zero-order valence-electron chi connectivity index (χ0n) is 19.6. The molecule has 1 aliphatic heterocycles. The fraction of sp³-hybridized carbons (Fsp3) is 0.458. The van der Waals surface area contributed by atoms with Crippen LogP contribution in [0.2, 0.25) is 0 Å². The van der Waals surface area contributed by atoms with Crippen LogP contribution in [-0.4, -0.2) is 53.9 Å². The van der Waals surface area contributed by atoms with Gasteiger partial charge in [0.15, 0.2) is 5.69 Å². The lowest BCUT2D eigenvalue weighted by atomic mass is 9.98. The van der Waals surface area contributed by atoms with Crippen LogP contribution in [0.15, 0.2) is 30.5 Å². The first-order valence-corrected chi connectivity index (χ1v) is 10.9. The van der Waals surface area contributed by atoms with Crippen molar-refractivity contribution in [2.45, 2.75) is 39.2 Å². The Morgan fingerprint density at radius 3 is 2.58 bits per heavy atom. The minimum absolute atomic E-state index is 0.0957. The predicted molar refractivity (Wildman–Crippen MR) is 125 cm³/mol. The molecule has 0 saturated carbocycles. The number of hydrogen-bond acceptors (Lipinski definition) is 7. The van der Waals surface area contributed by atoms with Gasteiger partial charge in [0.2, 0.25) is 0 Å². The summed E-state index contributed by atoms with van der Waals surface area (Å²) in [7, 11) is 1.27. The second-order valence-corrected chi connectivity index (χ2v) is 9.14. The van der Waals surface area contributed by atoms with E-state index in [-0.39, 0.29) is 23.0 Å². The minimum atomic E-state index is -0.608. The highest BCUT2D eigenvalue weighted by Gasteiger charge is 2.27. The number of methoxy groups -OCH3 is 1. The molecule has 1 unspecified atom stereocenters. The van der Waals surface area contributed by atoms with Gasteiger partial charge >= 0.3 is 12.1 Å². The molecule has 1 atom stereocenters. The number of anilines is 2. The van der Waals surface area contributed by atoms with Crippen molar-refractivity contribution in [3.05, 3.63) is 41.7 Å². The maximum Gasteiger partial charge on any atom is 0.410 e. The largest absolute Gasteiger partial charge is 0.464 e. The zero-order chi connectivity index (χ0) is 24.2. The first kappa shape index (κ1) is 24.0. The Kier molecular flexibility index (Phi) is 7.16. The van der Waals surface area contributed by atoms with Crippen LogP contribution in [0.1, 0.15) is 49.7 Å². The highest BCUT2D eigenvalue weighted by atomic mass is 16.6. The molecule has 1 saturated heterocycles. The quantitative estimate of drug-likeness (QED) is 0.661. The molecule has 1 aromatic carbocycles. The predicted octanol–water partition coefficient (Wildman–Crippen LogP) is 3.78. The van der Waals surface area contributed by atoms with Gasteiger partial charge in [-0.15, -0.1) is 0 Å². The summed E-state index contributed by atoms with van der Waals surface area (Å²) in [5, 5.41) is 12.7. The molecule has 1 aromatic heterocycles. The van der Waals surface area contributed by atoms with Crippen LogP contribution in [0.3, 0.4) is 0 Å². The molecule has 9 heteroatoms. The first-order chi connectivity index (χ1) is 15.6. The third kappa shape index (κ3) is 5.77. The van der Waals surface area contributed by atoms with Crippen molar-refractivity contribution in [2.75, 3.05) is 37.8 Å². The van der Waals surface area contributed by atoms with Crippen molar-refractivity contribution < 1.29 is 19.1 Å². The molecule has 176 valence electrons. The van der Waals surface area contributed by atoms with E-state index in [2.05, 4.69) is 5.32 Å². The SMILES string of the molecule is COC(=O)c1c(N)c(C#N)cn1-c1ccc(NCC2CCCN(C(=O)OC(C)(C)C)C2)cc1. The zero-order valence-corrected chi connectivity index (χ0v) is 19.6. The highest BCUT2D eigenvalue weighted by Crippen LogP contribution is 2.26. The number of nitriles is 1. The molecular formula is C24H31N5O4. The summed E-state index contributed by atoms with van der Waals surface area (Å²) in [6.45, 7) is 7.70. The van der Waals surface area contributed by atoms with Gasteiger partial charge in [0.25, 0.3) is 0 Å². The van der Waals surface area contributed by atoms with E-state index in [1.54, 1.807) is 9.47 Å². The van der Waals surface area contributed by atoms with Crippen molar-refractivity contribution in [3.8, 4) is 11.8 Å². The number of aromatic nitrogens is 1. The highest BCUT2D eigenvalue weighted by molar-refractivity contribution is 5.96. The number of nitrogen functional groups attached to an aromatic ring is 1. The number of hydrogen-bond donors (Lipinski definition) is 2. The average Bonchev–Trinajstić information content (AvgIpc) is 3.12. The van der Waals surface area contributed by atoms with Gasteiger partial charge < -0.3 is 30.0 Å². The van der Waals surface area contributed by atoms with E-state index in [1.807, 2.05) is 51.1 Å². The number of carbonyl (C=O) groups excluding carboxylic acids is 2. The van der Waals surface area contributed by atoms with Crippen LogP contribution in [0.25, 0.3) is 5.69 Å². The summed E-state index contributed by atoms with van der Waals surface area (Å²) in [4.78, 5) is 26.3. The minimum Gasteiger partial charge on any atom is -0.464 e. The third-order valence-corrected chi connectivity index (χ3v) is 5.45. The van der Waals surface area contributed by atoms with Crippen LogP contribution in [0, 0.1) is 17.2 Å². The molecule has 0 bridgehead atoms. The Labute approximate surface area is 194 Å². The van der Waals surface area contributed by atoms with Crippen LogP contribution in [0.4, 0.5) is 16.2 Å². The van der Waals surface area contributed by atoms with Crippen LogP contribution in [-0.2, 0) is 9.47 Å². The van der Waals surface area contributed by atoms with E-state index < -0.39 is 11.6 Å². The fourth-order valence-electron chi connectivity index (χ4n) is 3.84. The van der Waals surface area contributed by atoms with E-state index in [0.717, 1.165) is 25.1 Å². The number of carbonyl (C=O) groups is 2. The summed E-state index contributed by atoms with van der Waals surface area (Å²) >= 11 is 0. The van der Waals surface area contributed by atoms with Crippen molar-refractivity contribution in [1.29, 1.82) is 5.26 Å². The van der Waals surface area contributed by atoms with Crippen molar-refractivity contribution >= 4 is 23.4 Å². The van der Waals surface area contributed by atoms with Crippen molar-refractivity contribution in [1.82, 2.24) is 9.47 Å². The third-order valence-electron chi connectivity index (χ3n) is 5.45. The Bertz CT molecular complexity index is 1050. The number of esters is 1. The number of piperidine rings is 1. The Morgan fingerprint density at radius 2 is 1.97 bits per heavy atom. The molecular weight excluding hydrogens is 422 g/mol. The molecule has 0 aliphatic carbocycles. The van der Waals surface area contributed by atoms with Gasteiger partial charge in [0.05, 0.1) is 18.4 Å². The maximum atomic E-state index is 12.4. The van der Waals surface area contributed by atoms with Gasteiger partial charge in [-0.3, -0.25) is 0 Å². The number of likely N-dealkylation sites (tertiary alicyclic amines) is 1. The lowest BCUT2D eigenvalue weighted by Gasteiger charge is -2.34. The lowest BCUT2D eigenvalue weighted by molar-refractivity contribution is 0.0172. The lowest BCUT2D eigenvalue weighted by Crippen LogP contribution is -2.44. The number of ether oxygens (including phenoxy) is 2. The average molecular weight is 454 g/mol. The van der Waals surface area contributed by atoms with E-state index in [9.17, 15) is 14.9 Å². The van der Waals surface area contributed by atoms with Gasteiger partial charge in [-0.1, -0.05) is 0 Å². The molecule has 1 fully saturated rings. The topological polar surface area (TPSA) is 123 Å². The van der Waals surface area contributed by atoms with Gasteiger partial charge in [-0.25, -0.2) is 9.59 Å². The van der Waals surface area contributed by atoms with E-state index in [0.29, 0.717) is 24.7 Å². The summed E-state index contributed by atoms with van der Waals surface area (Å²) in [5.74, 6) is -0.289. The Morgan fingerprint density at radius 1 is 1.27 bits per heavy atom. The second-order valence-electron chi connectivity index (χ2n) is 9.14. The Hall–Kier alpha value is -3.67. The summed E-state index contributed by atoms with van der Waals surface area (Å²) in [6, 6.07) is 9.46. The molecule has 2 aromatic rings. The molecule has 2 heterocycles. The van der Waals surface area contributed by atoms with Gasteiger partial charge in [-0.2, -0.15) is 5.26 Å². The van der Waals surface area contributed by atoms with Crippen LogP contribution >= 0.6 is 0 Å². The number of amides is 1. The van der Waals surface area contributed by atoms with Crippen molar-refractivity contribution in [3.63, 3.8) is 0 Å². The number of nitrogens with one attached hydrogen (secondary N) is 1. The molecule has 3 rings (SSSR count). The van der Waals surface area contributed by atoms with Gasteiger partial charge in [-0.05, 0) is 63.8 Å². The van der Waals surface area contributed by atoms with Crippen LogP contribution in [0.5, 0.6) is 0 Å².